The van der Waals surface area contributed by atoms with Gasteiger partial charge in [-0.25, -0.2) is 4.79 Å². The molecule has 1 saturated heterocycles. The van der Waals surface area contributed by atoms with Crippen molar-refractivity contribution >= 4 is 6.09 Å². The van der Waals surface area contributed by atoms with E-state index >= 15 is 0 Å². The van der Waals surface area contributed by atoms with Gasteiger partial charge in [-0.2, -0.15) is 0 Å². The van der Waals surface area contributed by atoms with Gasteiger partial charge in [0.1, 0.15) is 6.61 Å². The van der Waals surface area contributed by atoms with Crippen molar-refractivity contribution in [2.75, 3.05) is 19.7 Å². The van der Waals surface area contributed by atoms with Gasteiger partial charge in [-0.15, -0.1) is 0 Å². The van der Waals surface area contributed by atoms with E-state index in [-0.39, 0.29) is 12.7 Å². The first-order chi connectivity index (χ1) is 9.79. The van der Waals surface area contributed by atoms with E-state index in [0.29, 0.717) is 12.5 Å². The van der Waals surface area contributed by atoms with Crippen molar-refractivity contribution in [3.63, 3.8) is 0 Å². The maximum atomic E-state index is 12.0. The molecule has 1 aromatic carbocycles. The third kappa shape index (κ3) is 4.53. The van der Waals surface area contributed by atoms with E-state index in [1.807, 2.05) is 30.3 Å². The lowest BCUT2D eigenvalue weighted by molar-refractivity contribution is 0.0770. The maximum absolute atomic E-state index is 12.0. The molecule has 0 radical (unpaired) electrons. The first kappa shape index (κ1) is 14.9. The Labute approximate surface area is 120 Å². The van der Waals surface area contributed by atoms with Gasteiger partial charge in [-0.05, 0) is 37.2 Å². The van der Waals surface area contributed by atoms with Crippen molar-refractivity contribution in [2.45, 2.75) is 32.3 Å². The maximum Gasteiger partial charge on any atom is 0.410 e. The number of benzene rings is 1. The molecule has 4 heteroatoms. The third-order valence-corrected chi connectivity index (χ3v) is 3.75. The van der Waals surface area contributed by atoms with Gasteiger partial charge in [0.25, 0.3) is 0 Å². The van der Waals surface area contributed by atoms with Crippen LogP contribution in [-0.4, -0.2) is 35.8 Å². The van der Waals surface area contributed by atoms with Crippen molar-refractivity contribution in [1.29, 1.82) is 0 Å². The predicted molar refractivity (Wildman–Crippen MR) is 77.2 cm³/mol. The van der Waals surface area contributed by atoms with Crippen molar-refractivity contribution in [3.8, 4) is 0 Å². The molecular weight excluding hydrogens is 254 g/mol. The van der Waals surface area contributed by atoms with Crippen LogP contribution in [0.3, 0.4) is 0 Å². The lowest BCUT2D eigenvalue weighted by Crippen LogP contribution is -2.40. The summed E-state index contributed by atoms with van der Waals surface area (Å²) in [7, 11) is 0. The zero-order valence-corrected chi connectivity index (χ0v) is 11.8. The second kappa shape index (κ2) is 7.90. The van der Waals surface area contributed by atoms with Gasteiger partial charge in [-0.3, -0.25) is 0 Å². The molecule has 1 heterocycles. The Morgan fingerprint density at radius 2 is 2.15 bits per heavy atom. The number of amides is 1. The second-order valence-corrected chi connectivity index (χ2v) is 5.36. The van der Waals surface area contributed by atoms with Crippen LogP contribution >= 0.6 is 0 Å². The quantitative estimate of drug-likeness (QED) is 0.900. The summed E-state index contributed by atoms with van der Waals surface area (Å²) in [5.74, 6) is 0.500. The molecule has 0 spiro atoms. The smallest absolute Gasteiger partial charge is 0.410 e. The molecule has 0 bridgehead atoms. The van der Waals surface area contributed by atoms with Crippen LogP contribution < -0.4 is 0 Å². The number of ether oxygens (including phenoxy) is 1. The molecule has 1 atom stereocenters. The number of carbonyl (C=O) groups excluding carboxylic acids is 1. The number of carbonyl (C=O) groups is 1. The Bertz CT molecular complexity index is 407. The molecule has 110 valence electrons. The lowest BCUT2D eigenvalue weighted by atomic mass is 9.94. The Morgan fingerprint density at radius 3 is 2.90 bits per heavy atom. The molecule has 0 aliphatic carbocycles. The minimum atomic E-state index is -0.220. The third-order valence-electron chi connectivity index (χ3n) is 3.75. The molecule has 1 fully saturated rings. The summed E-state index contributed by atoms with van der Waals surface area (Å²) in [6, 6.07) is 9.73. The number of rotatable bonds is 5. The molecule has 2 rings (SSSR count). The topological polar surface area (TPSA) is 49.8 Å². The summed E-state index contributed by atoms with van der Waals surface area (Å²) in [6.07, 6.45) is 3.75. The first-order valence-corrected chi connectivity index (χ1v) is 7.36. The number of hydrogen-bond acceptors (Lipinski definition) is 3. The fourth-order valence-corrected chi connectivity index (χ4v) is 2.66. The van der Waals surface area contributed by atoms with E-state index in [2.05, 4.69) is 0 Å². The van der Waals surface area contributed by atoms with Crippen molar-refractivity contribution in [3.05, 3.63) is 35.9 Å². The average molecular weight is 277 g/mol. The highest BCUT2D eigenvalue weighted by Gasteiger charge is 2.24. The van der Waals surface area contributed by atoms with Gasteiger partial charge >= 0.3 is 6.09 Å². The molecule has 1 aromatic rings. The van der Waals surface area contributed by atoms with Gasteiger partial charge in [0.15, 0.2) is 0 Å². The fraction of sp³-hybridized carbons (Fsp3) is 0.562. The molecule has 1 unspecified atom stereocenters. The highest BCUT2D eigenvalue weighted by Crippen LogP contribution is 2.21. The SMILES string of the molecule is O=C(OCc1ccccc1)N1CCCC(CCCO)C1. The van der Waals surface area contributed by atoms with Crippen LogP contribution in [0.1, 0.15) is 31.2 Å². The van der Waals surface area contributed by atoms with E-state index in [4.69, 9.17) is 9.84 Å². The van der Waals surface area contributed by atoms with E-state index in [1.165, 1.54) is 0 Å². The standard InChI is InChI=1S/C16H23NO3/c18-11-5-9-14-8-4-10-17(12-14)16(19)20-13-15-6-2-1-3-7-15/h1-3,6-7,14,18H,4-5,8-13H2. The molecule has 0 aromatic heterocycles. The summed E-state index contributed by atoms with van der Waals surface area (Å²) in [5, 5.41) is 8.88. The van der Waals surface area contributed by atoms with E-state index in [1.54, 1.807) is 4.90 Å². The minimum Gasteiger partial charge on any atom is -0.445 e. The van der Waals surface area contributed by atoms with Crippen LogP contribution in [-0.2, 0) is 11.3 Å². The molecule has 4 nitrogen and oxygen atoms in total. The predicted octanol–water partition coefficient (Wildman–Crippen LogP) is 2.81. The highest BCUT2D eigenvalue weighted by molar-refractivity contribution is 5.67. The van der Waals surface area contributed by atoms with Crippen LogP contribution in [0.25, 0.3) is 0 Å². The summed E-state index contributed by atoms with van der Waals surface area (Å²) >= 11 is 0. The Hall–Kier alpha value is -1.55. The fourth-order valence-electron chi connectivity index (χ4n) is 2.66. The van der Waals surface area contributed by atoms with Crippen molar-refractivity contribution in [1.82, 2.24) is 4.90 Å². The molecule has 1 N–H and O–H groups in total. The van der Waals surface area contributed by atoms with Crippen molar-refractivity contribution in [2.24, 2.45) is 5.92 Å². The van der Waals surface area contributed by atoms with Crippen LogP contribution in [0.5, 0.6) is 0 Å². The highest BCUT2D eigenvalue weighted by atomic mass is 16.6. The van der Waals surface area contributed by atoms with E-state index in [0.717, 1.165) is 44.3 Å². The van der Waals surface area contributed by atoms with Gasteiger partial charge < -0.3 is 14.7 Å². The normalized spacial score (nSPS) is 18.9. The number of nitrogens with zero attached hydrogens (tertiary/aromatic N) is 1. The molecule has 1 aliphatic heterocycles. The summed E-state index contributed by atoms with van der Waals surface area (Å²) in [5.41, 5.74) is 1.01. The number of aliphatic hydroxyl groups excluding tert-OH is 1. The largest absolute Gasteiger partial charge is 0.445 e. The van der Waals surface area contributed by atoms with Crippen LogP contribution in [0.2, 0.25) is 0 Å². The van der Waals surface area contributed by atoms with Gasteiger partial charge in [0.05, 0.1) is 0 Å². The number of aliphatic hydroxyl groups is 1. The summed E-state index contributed by atoms with van der Waals surface area (Å²) in [4.78, 5) is 13.8. The van der Waals surface area contributed by atoms with E-state index in [9.17, 15) is 4.79 Å². The van der Waals surface area contributed by atoms with Crippen molar-refractivity contribution < 1.29 is 14.6 Å². The monoisotopic (exact) mass is 277 g/mol. The number of likely N-dealkylation sites (tertiary alicyclic amines) is 1. The molecule has 1 amide bonds. The molecule has 20 heavy (non-hydrogen) atoms. The Morgan fingerprint density at radius 1 is 1.35 bits per heavy atom. The summed E-state index contributed by atoms with van der Waals surface area (Å²) < 4.78 is 5.36. The molecule has 0 saturated carbocycles. The van der Waals surface area contributed by atoms with Gasteiger partial charge in [0, 0.05) is 19.7 Å². The zero-order valence-electron chi connectivity index (χ0n) is 11.8. The molecule has 1 aliphatic rings. The number of hydrogen-bond donors (Lipinski definition) is 1. The Kier molecular flexibility index (Phi) is 5.87. The van der Waals surface area contributed by atoms with Gasteiger partial charge in [0.2, 0.25) is 0 Å². The minimum absolute atomic E-state index is 0.220. The second-order valence-electron chi connectivity index (χ2n) is 5.36. The number of piperidine rings is 1. The summed E-state index contributed by atoms with van der Waals surface area (Å²) in [6.45, 7) is 2.10. The lowest BCUT2D eigenvalue weighted by Gasteiger charge is -2.32. The van der Waals surface area contributed by atoms with Crippen LogP contribution in [0, 0.1) is 5.92 Å². The average Bonchev–Trinajstić information content (AvgIpc) is 2.52. The first-order valence-electron chi connectivity index (χ1n) is 7.36. The van der Waals surface area contributed by atoms with Crippen LogP contribution in [0.15, 0.2) is 30.3 Å². The zero-order chi connectivity index (χ0) is 14.2. The molecular formula is C16H23NO3. The van der Waals surface area contributed by atoms with Crippen LogP contribution in [0.4, 0.5) is 4.79 Å². The van der Waals surface area contributed by atoms with Gasteiger partial charge in [-0.1, -0.05) is 30.3 Å². The Balaban J connectivity index is 1.77. The van der Waals surface area contributed by atoms with E-state index < -0.39 is 0 Å².